The Morgan fingerprint density at radius 2 is 1.83 bits per heavy atom. The topological polar surface area (TPSA) is 91.3 Å². The highest BCUT2D eigenvalue weighted by Gasteiger charge is 2.27. The molecule has 1 aliphatic rings. The van der Waals surface area contributed by atoms with Crippen LogP contribution < -0.4 is 11.2 Å². The third-order valence-electron chi connectivity index (χ3n) is 5.18. The summed E-state index contributed by atoms with van der Waals surface area (Å²) in [5, 5.41) is 0. The van der Waals surface area contributed by atoms with E-state index in [1.165, 1.54) is 5.56 Å². The predicted octanol–water partition coefficient (Wildman–Crippen LogP) is 1.69. The molecule has 1 aromatic carbocycles. The Kier molecular flexibility index (Phi) is 5.33. The standard InChI is InChI=1S/C20H23N5O3S/c1-13(2)25-18(26)16-15(21-20(25)28)17(29-22-16)19(27)24-10-8-23(9-11-24)12-14-6-4-3-5-7-14/h3-7,13H,8-12H2,1-2H3,(H,21,28). The summed E-state index contributed by atoms with van der Waals surface area (Å²) in [6.07, 6.45) is 0. The van der Waals surface area contributed by atoms with Crippen molar-refractivity contribution in [3.63, 3.8) is 0 Å². The number of nitrogens with one attached hydrogen (secondary N) is 1. The predicted molar refractivity (Wildman–Crippen MR) is 113 cm³/mol. The molecule has 1 saturated heterocycles. The molecule has 0 radical (unpaired) electrons. The quantitative estimate of drug-likeness (QED) is 0.703. The third kappa shape index (κ3) is 3.75. The zero-order valence-corrected chi connectivity index (χ0v) is 17.2. The van der Waals surface area contributed by atoms with Crippen LogP contribution in [0.5, 0.6) is 0 Å². The van der Waals surface area contributed by atoms with E-state index in [2.05, 4.69) is 26.4 Å². The van der Waals surface area contributed by atoms with Crippen molar-refractivity contribution in [2.75, 3.05) is 26.2 Å². The zero-order valence-electron chi connectivity index (χ0n) is 16.4. The molecule has 2 aromatic heterocycles. The van der Waals surface area contributed by atoms with Crippen molar-refractivity contribution in [3.8, 4) is 0 Å². The molecule has 0 bridgehead atoms. The minimum Gasteiger partial charge on any atom is -0.335 e. The fourth-order valence-electron chi connectivity index (χ4n) is 3.63. The minimum absolute atomic E-state index is 0.148. The first-order valence-electron chi connectivity index (χ1n) is 9.65. The van der Waals surface area contributed by atoms with E-state index in [-0.39, 0.29) is 23.0 Å². The lowest BCUT2D eigenvalue weighted by molar-refractivity contribution is 0.0634. The molecular formula is C20H23N5O3S. The van der Waals surface area contributed by atoms with Gasteiger partial charge in [-0.15, -0.1) is 0 Å². The highest BCUT2D eigenvalue weighted by Crippen LogP contribution is 2.20. The lowest BCUT2D eigenvalue weighted by Gasteiger charge is -2.34. The lowest BCUT2D eigenvalue weighted by atomic mass is 10.2. The molecule has 1 fully saturated rings. The van der Waals surface area contributed by atoms with Crippen LogP contribution in [0.25, 0.3) is 11.0 Å². The van der Waals surface area contributed by atoms with E-state index in [1.54, 1.807) is 18.7 Å². The Labute approximate surface area is 171 Å². The lowest BCUT2D eigenvalue weighted by Crippen LogP contribution is -2.48. The summed E-state index contributed by atoms with van der Waals surface area (Å²) in [6.45, 7) is 7.11. The number of amides is 1. The maximum Gasteiger partial charge on any atom is 0.329 e. The van der Waals surface area contributed by atoms with Crippen LogP contribution >= 0.6 is 11.5 Å². The van der Waals surface area contributed by atoms with Gasteiger partial charge in [0.05, 0.1) is 5.52 Å². The maximum atomic E-state index is 13.0. The molecule has 8 nitrogen and oxygen atoms in total. The first-order valence-corrected chi connectivity index (χ1v) is 10.4. The highest BCUT2D eigenvalue weighted by molar-refractivity contribution is 7.09. The third-order valence-corrected chi connectivity index (χ3v) is 6.02. The normalized spacial score (nSPS) is 15.3. The van der Waals surface area contributed by atoms with Crippen molar-refractivity contribution >= 4 is 28.5 Å². The Balaban J connectivity index is 1.51. The second-order valence-electron chi connectivity index (χ2n) is 7.49. The van der Waals surface area contributed by atoms with Crippen molar-refractivity contribution in [1.29, 1.82) is 0 Å². The molecule has 0 aliphatic carbocycles. The molecule has 3 aromatic rings. The van der Waals surface area contributed by atoms with Gasteiger partial charge in [-0.2, -0.15) is 4.37 Å². The number of rotatable bonds is 4. The van der Waals surface area contributed by atoms with Gasteiger partial charge in [-0.05, 0) is 30.9 Å². The van der Waals surface area contributed by atoms with E-state index in [1.807, 2.05) is 18.2 Å². The molecule has 4 rings (SSSR count). The number of benzene rings is 1. The minimum atomic E-state index is -0.514. The average molecular weight is 414 g/mol. The largest absolute Gasteiger partial charge is 0.335 e. The van der Waals surface area contributed by atoms with E-state index in [4.69, 9.17) is 0 Å². The van der Waals surface area contributed by atoms with Crippen molar-refractivity contribution < 1.29 is 4.79 Å². The summed E-state index contributed by atoms with van der Waals surface area (Å²) < 4.78 is 5.29. The van der Waals surface area contributed by atoms with E-state index in [0.29, 0.717) is 18.0 Å². The summed E-state index contributed by atoms with van der Waals surface area (Å²) in [5.41, 5.74) is 0.675. The zero-order chi connectivity index (χ0) is 20.5. The van der Waals surface area contributed by atoms with Gasteiger partial charge >= 0.3 is 5.69 Å². The van der Waals surface area contributed by atoms with Gasteiger partial charge in [-0.25, -0.2) is 4.79 Å². The van der Waals surface area contributed by atoms with Gasteiger partial charge in [-0.1, -0.05) is 30.3 Å². The molecule has 0 unspecified atom stereocenters. The van der Waals surface area contributed by atoms with Gasteiger partial charge in [0, 0.05) is 38.8 Å². The second kappa shape index (κ2) is 7.92. The number of aromatic amines is 1. The van der Waals surface area contributed by atoms with Crippen LogP contribution in [0.4, 0.5) is 0 Å². The summed E-state index contributed by atoms with van der Waals surface area (Å²) in [4.78, 5) is 45.0. The number of piperazine rings is 1. The molecule has 0 spiro atoms. The van der Waals surface area contributed by atoms with Crippen LogP contribution in [0.3, 0.4) is 0 Å². The van der Waals surface area contributed by atoms with Gasteiger partial charge in [0.1, 0.15) is 4.88 Å². The first-order chi connectivity index (χ1) is 14.0. The van der Waals surface area contributed by atoms with Gasteiger partial charge in [0.2, 0.25) is 0 Å². The van der Waals surface area contributed by atoms with Crippen molar-refractivity contribution in [2.45, 2.75) is 26.4 Å². The molecule has 0 atom stereocenters. The van der Waals surface area contributed by atoms with Gasteiger partial charge in [0.25, 0.3) is 11.5 Å². The Bertz CT molecular complexity index is 1140. The highest BCUT2D eigenvalue weighted by atomic mass is 32.1. The molecule has 152 valence electrons. The number of carbonyl (C=O) groups is 1. The fraction of sp³-hybridized carbons (Fsp3) is 0.400. The summed E-state index contributed by atoms with van der Waals surface area (Å²) in [5.74, 6) is -0.186. The maximum absolute atomic E-state index is 13.0. The Morgan fingerprint density at radius 1 is 1.14 bits per heavy atom. The van der Waals surface area contributed by atoms with E-state index in [9.17, 15) is 14.4 Å². The van der Waals surface area contributed by atoms with Crippen LogP contribution in [0.2, 0.25) is 0 Å². The molecular weight excluding hydrogens is 390 g/mol. The summed E-state index contributed by atoms with van der Waals surface area (Å²) in [7, 11) is 0. The number of H-pyrrole nitrogens is 1. The fourth-order valence-corrected chi connectivity index (χ4v) is 4.43. The van der Waals surface area contributed by atoms with Crippen LogP contribution in [0, 0.1) is 0 Å². The number of aromatic nitrogens is 3. The smallest absolute Gasteiger partial charge is 0.329 e. The average Bonchev–Trinajstić information content (AvgIpc) is 3.12. The molecule has 29 heavy (non-hydrogen) atoms. The number of hydrogen-bond acceptors (Lipinski definition) is 6. The van der Waals surface area contributed by atoms with Crippen molar-refractivity contribution in [2.24, 2.45) is 0 Å². The monoisotopic (exact) mass is 413 g/mol. The number of nitrogens with zero attached hydrogens (tertiary/aromatic N) is 4. The molecule has 0 saturated carbocycles. The molecule has 3 heterocycles. The van der Waals surface area contributed by atoms with Gasteiger partial charge in [-0.3, -0.25) is 19.1 Å². The van der Waals surface area contributed by atoms with E-state index >= 15 is 0 Å². The SMILES string of the molecule is CC(C)n1c(=O)[nH]c2c(C(=O)N3CCN(Cc4ccccc4)CC3)snc2c1=O. The van der Waals surface area contributed by atoms with Crippen LogP contribution in [-0.2, 0) is 6.54 Å². The Hall–Kier alpha value is -2.78. The second-order valence-corrected chi connectivity index (χ2v) is 8.26. The summed E-state index contributed by atoms with van der Waals surface area (Å²) in [6, 6.07) is 9.97. The first kappa shape index (κ1) is 19.5. The van der Waals surface area contributed by atoms with E-state index in [0.717, 1.165) is 35.7 Å². The van der Waals surface area contributed by atoms with Crippen molar-refractivity contribution in [3.05, 3.63) is 61.6 Å². The van der Waals surface area contributed by atoms with E-state index < -0.39 is 11.2 Å². The number of carbonyl (C=O) groups excluding carboxylic acids is 1. The van der Waals surface area contributed by atoms with Crippen LogP contribution in [0.15, 0.2) is 39.9 Å². The van der Waals surface area contributed by atoms with Crippen molar-refractivity contribution in [1.82, 2.24) is 23.7 Å². The number of hydrogen-bond donors (Lipinski definition) is 1. The molecule has 1 aliphatic heterocycles. The van der Waals surface area contributed by atoms with Gasteiger partial charge in [0.15, 0.2) is 5.52 Å². The molecule has 9 heteroatoms. The van der Waals surface area contributed by atoms with Crippen LogP contribution in [0.1, 0.15) is 35.1 Å². The Morgan fingerprint density at radius 3 is 2.48 bits per heavy atom. The number of fused-ring (bicyclic) bond motifs is 1. The van der Waals surface area contributed by atoms with Crippen LogP contribution in [-0.4, -0.2) is 55.8 Å². The summed E-state index contributed by atoms with van der Waals surface area (Å²) >= 11 is 0.973. The molecule has 1 amide bonds. The molecule has 1 N–H and O–H groups in total. The van der Waals surface area contributed by atoms with Gasteiger partial charge < -0.3 is 9.88 Å².